The van der Waals surface area contributed by atoms with Crippen LogP contribution >= 0.6 is 11.8 Å². The smallest absolute Gasteiger partial charge is 0.191 e. The number of aryl methyl sites for hydroxylation is 1. The van der Waals surface area contributed by atoms with Crippen molar-refractivity contribution in [1.82, 2.24) is 19.3 Å². The van der Waals surface area contributed by atoms with E-state index in [0.717, 1.165) is 28.7 Å². The summed E-state index contributed by atoms with van der Waals surface area (Å²) in [5.41, 5.74) is 3.04. The van der Waals surface area contributed by atoms with Crippen molar-refractivity contribution in [1.29, 1.82) is 0 Å². The third kappa shape index (κ3) is 2.77. The quantitative estimate of drug-likeness (QED) is 0.608. The average molecular weight is 304 g/mol. The van der Waals surface area contributed by atoms with Gasteiger partial charge in [-0.05, 0) is 39.7 Å². The molecule has 2 aromatic heterocycles. The molecular formula is C15H20N4OS. The van der Waals surface area contributed by atoms with Crippen molar-refractivity contribution in [3.63, 3.8) is 0 Å². The molecule has 21 heavy (non-hydrogen) atoms. The average Bonchev–Trinajstić information content (AvgIpc) is 3.13. The van der Waals surface area contributed by atoms with Crippen LogP contribution < -0.4 is 0 Å². The molecule has 0 aliphatic heterocycles. The zero-order valence-electron chi connectivity index (χ0n) is 12.7. The summed E-state index contributed by atoms with van der Waals surface area (Å²) in [6.45, 7) is 7.06. The lowest BCUT2D eigenvalue weighted by Crippen LogP contribution is -2.06. The second kappa shape index (κ2) is 5.67. The van der Waals surface area contributed by atoms with Gasteiger partial charge in [-0.2, -0.15) is 0 Å². The number of carbonyl (C=O) groups is 1. The van der Waals surface area contributed by atoms with Gasteiger partial charge in [-0.25, -0.2) is 0 Å². The fourth-order valence-corrected chi connectivity index (χ4v) is 3.58. The van der Waals surface area contributed by atoms with E-state index < -0.39 is 0 Å². The van der Waals surface area contributed by atoms with Crippen LogP contribution in [0.5, 0.6) is 0 Å². The number of hydrogen-bond donors (Lipinski definition) is 0. The van der Waals surface area contributed by atoms with Crippen LogP contribution in [-0.2, 0) is 6.54 Å². The van der Waals surface area contributed by atoms with Gasteiger partial charge in [-0.3, -0.25) is 4.79 Å². The van der Waals surface area contributed by atoms with Crippen LogP contribution in [0.1, 0.15) is 47.6 Å². The SMILES string of the molecule is CCn1c(C)cc(C(=O)CSc2nncn2C2CC2)c1C. The third-order valence-corrected chi connectivity index (χ3v) is 4.96. The van der Waals surface area contributed by atoms with Crippen molar-refractivity contribution < 1.29 is 4.79 Å². The van der Waals surface area contributed by atoms with Crippen molar-refractivity contribution in [3.8, 4) is 0 Å². The predicted octanol–water partition coefficient (Wildman–Crippen LogP) is 3.03. The van der Waals surface area contributed by atoms with Gasteiger partial charge in [0.05, 0.1) is 5.75 Å². The van der Waals surface area contributed by atoms with Crippen molar-refractivity contribution in [2.75, 3.05) is 5.75 Å². The summed E-state index contributed by atoms with van der Waals surface area (Å²) < 4.78 is 4.26. The first kappa shape index (κ1) is 14.4. The molecule has 0 N–H and O–H groups in total. The van der Waals surface area contributed by atoms with Gasteiger partial charge >= 0.3 is 0 Å². The van der Waals surface area contributed by atoms with E-state index in [1.165, 1.54) is 24.6 Å². The summed E-state index contributed by atoms with van der Waals surface area (Å²) >= 11 is 1.49. The zero-order chi connectivity index (χ0) is 15.0. The van der Waals surface area contributed by atoms with Crippen LogP contribution in [0.3, 0.4) is 0 Å². The summed E-state index contributed by atoms with van der Waals surface area (Å²) in [6.07, 6.45) is 4.15. The van der Waals surface area contributed by atoms with Gasteiger partial charge in [0.25, 0.3) is 0 Å². The lowest BCUT2D eigenvalue weighted by Gasteiger charge is -2.06. The molecule has 1 saturated carbocycles. The summed E-state index contributed by atoms with van der Waals surface area (Å²) in [6, 6.07) is 2.54. The van der Waals surface area contributed by atoms with Crippen LogP contribution in [0.15, 0.2) is 17.6 Å². The molecule has 5 nitrogen and oxygen atoms in total. The third-order valence-electron chi connectivity index (χ3n) is 4.00. The Labute approximate surface area is 128 Å². The van der Waals surface area contributed by atoms with Gasteiger partial charge < -0.3 is 9.13 Å². The molecule has 0 amide bonds. The van der Waals surface area contributed by atoms with Crippen LogP contribution in [-0.4, -0.2) is 30.9 Å². The van der Waals surface area contributed by atoms with Crippen molar-refractivity contribution in [3.05, 3.63) is 29.3 Å². The molecule has 6 heteroatoms. The number of aromatic nitrogens is 4. The Morgan fingerprint density at radius 3 is 2.81 bits per heavy atom. The first-order chi connectivity index (χ1) is 10.1. The minimum absolute atomic E-state index is 0.165. The molecule has 2 aromatic rings. The summed E-state index contributed by atoms with van der Waals surface area (Å²) in [7, 11) is 0. The van der Waals surface area contributed by atoms with E-state index in [4.69, 9.17) is 0 Å². The lowest BCUT2D eigenvalue weighted by molar-refractivity contribution is 0.102. The van der Waals surface area contributed by atoms with Gasteiger partial charge in [0.15, 0.2) is 10.9 Å². The maximum atomic E-state index is 12.4. The fraction of sp³-hybridized carbons (Fsp3) is 0.533. The van der Waals surface area contributed by atoms with E-state index in [1.807, 2.05) is 19.9 Å². The predicted molar refractivity (Wildman–Crippen MR) is 82.9 cm³/mol. The number of carbonyl (C=O) groups excluding carboxylic acids is 1. The monoisotopic (exact) mass is 304 g/mol. The van der Waals surface area contributed by atoms with Gasteiger partial charge in [0.1, 0.15) is 6.33 Å². The van der Waals surface area contributed by atoms with Gasteiger partial charge in [0.2, 0.25) is 0 Å². The van der Waals surface area contributed by atoms with E-state index in [9.17, 15) is 4.79 Å². The Hall–Kier alpha value is -1.56. The largest absolute Gasteiger partial charge is 0.349 e. The standard InChI is InChI=1S/C15H20N4OS/c1-4-18-10(2)7-13(11(18)3)14(20)8-21-15-17-16-9-19(15)12-5-6-12/h7,9,12H,4-6,8H2,1-3H3. The van der Waals surface area contributed by atoms with Gasteiger partial charge in [0, 0.05) is 29.5 Å². The Morgan fingerprint density at radius 2 is 2.19 bits per heavy atom. The molecule has 1 aliphatic rings. The Kier molecular flexibility index (Phi) is 3.89. The van der Waals surface area contributed by atoms with Crippen molar-refractivity contribution >= 4 is 17.5 Å². The molecular weight excluding hydrogens is 284 g/mol. The minimum Gasteiger partial charge on any atom is -0.349 e. The number of Topliss-reactive ketones (excluding diaryl/α,β-unsaturated/α-hetero) is 1. The van der Waals surface area contributed by atoms with Gasteiger partial charge in [-0.15, -0.1) is 10.2 Å². The molecule has 3 rings (SSSR count). The second-order valence-corrected chi connectivity index (χ2v) is 6.44. The second-order valence-electron chi connectivity index (χ2n) is 5.49. The molecule has 0 aromatic carbocycles. The first-order valence-electron chi connectivity index (χ1n) is 7.34. The van der Waals surface area contributed by atoms with Crippen LogP contribution in [0.2, 0.25) is 0 Å². The highest BCUT2D eigenvalue weighted by atomic mass is 32.2. The molecule has 0 saturated heterocycles. The molecule has 112 valence electrons. The summed E-state index contributed by atoms with van der Waals surface area (Å²) in [5, 5.41) is 8.94. The first-order valence-corrected chi connectivity index (χ1v) is 8.32. The fourth-order valence-electron chi connectivity index (χ4n) is 2.72. The van der Waals surface area contributed by atoms with Crippen molar-refractivity contribution in [2.45, 2.75) is 51.4 Å². The molecule has 0 radical (unpaired) electrons. The normalized spacial score (nSPS) is 14.6. The molecule has 1 aliphatic carbocycles. The lowest BCUT2D eigenvalue weighted by atomic mass is 10.2. The number of hydrogen-bond acceptors (Lipinski definition) is 4. The van der Waals surface area contributed by atoms with E-state index >= 15 is 0 Å². The molecule has 2 heterocycles. The van der Waals surface area contributed by atoms with Crippen LogP contribution in [0.4, 0.5) is 0 Å². The van der Waals surface area contributed by atoms with Crippen molar-refractivity contribution in [2.24, 2.45) is 0 Å². The Bertz CT molecular complexity index is 669. The minimum atomic E-state index is 0.165. The molecule has 1 fully saturated rings. The number of ketones is 1. The maximum absolute atomic E-state index is 12.4. The Balaban J connectivity index is 1.70. The molecule has 0 atom stereocenters. The summed E-state index contributed by atoms with van der Waals surface area (Å²) in [4.78, 5) is 12.4. The van der Waals surface area contributed by atoms with E-state index in [-0.39, 0.29) is 5.78 Å². The molecule has 0 unspecified atom stereocenters. The van der Waals surface area contributed by atoms with E-state index in [0.29, 0.717) is 11.8 Å². The highest BCUT2D eigenvalue weighted by Gasteiger charge is 2.26. The zero-order valence-corrected chi connectivity index (χ0v) is 13.5. The highest BCUT2D eigenvalue weighted by Crippen LogP contribution is 2.37. The number of thioether (sulfide) groups is 1. The van der Waals surface area contributed by atoms with Crippen LogP contribution in [0, 0.1) is 13.8 Å². The van der Waals surface area contributed by atoms with Gasteiger partial charge in [-0.1, -0.05) is 11.8 Å². The number of nitrogens with zero attached hydrogens (tertiary/aromatic N) is 4. The molecule has 0 bridgehead atoms. The maximum Gasteiger partial charge on any atom is 0.191 e. The molecule has 0 spiro atoms. The highest BCUT2D eigenvalue weighted by molar-refractivity contribution is 7.99. The topological polar surface area (TPSA) is 52.7 Å². The van der Waals surface area contributed by atoms with Crippen LogP contribution in [0.25, 0.3) is 0 Å². The van der Waals surface area contributed by atoms with E-state index in [1.54, 1.807) is 6.33 Å². The Morgan fingerprint density at radius 1 is 1.43 bits per heavy atom. The number of rotatable bonds is 6. The van der Waals surface area contributed by atoms with E-state index in [2.05, 4.69) is 26.3 Å². The summed E-state index contributed by atoms with van der Waals surface area (Å²) in [5.74, 6) is 0.581.